The molecule has 2 aromatic heterocycles. The number of nitrogens with zero attached hydrogens (tertiary/aromatic N) is 1. The number of carboxylic acids is 1. The summed E-state index contributed by atoms with van der Waals surface area (Å²) in [5, 5.41) is 16.4. The topological polar surface area (TPSA) is 108 Å². The van der Waals surface area contributed by atoms with Crippen LogP contribution >= 0.6 is 0 Å². The van der Waals surface area contributed by atoms with Crippen molar-refractivity contribution in [3.05, 3.63) is 11.8 Å². The Morgan fingerprint density at radius 1 is 1.69 bits per heavy atom. The van der Waals surface area contributed by atoms with E-state index in [1.807, 2.05) is 0 Å². The van der Waals surface area contributed by atoms with Crippen molar-refractivity contribution in [2.45, 2.75) is 0 Å². The van der Waals surface area contributed by atoms with Crippen LogP contribution in [0.1, 0.15) is 10.6 Å². The van der Waals surface area contributed by atoms with Crippen molar-refractivity contribution in [3.63, 3.8) is 0 Å². The Hall–Kier alpha value is -0.344. The van der Waals surface area contributed by atoms with E-state index in [0.29, 0.717) is 5.52 Å². The minimum Gasteiger partial charge on any atom is -0.542 e. The Morgan fingerprint density at radius 3 is 2.92 bits per heavy atom. The molecule has 6 nitrogen and oxygen atoms in total. The maximum absolute atomic E-state index is 10.3. The number of nitrogen functional groups attached to an aromatic ring is 1. The molecule has 0 aliphatic carbocycles. The summed E-state index contributed by atoms with van der Waals surface area (Å²) in [7, 11) is 0. The number of furan rings is 1. The van der Waals surface area contributed by atoms with Crippen molar-refractivity contribution >= 4 is 22.9 Å². The first-order chi connectivity index (χ1) is 5.68. The summed E-state index contributed by atoms with van der Waals surface area (Å²) in [5.41, 5.74) is 6.04. The van der Waals surface area contributed by atoms with Gasteiger partial charge in [-0.3, -0.25) is 5.10 Å². The second-order valence-corrected chi connectivity index (χ2v) is 2.25. The zero-order chi connectivity index (χ0) is 8.72. The number of nitrogens with two attached hydrogens (primary N) is 1. The minimum atomic E-state index is -1.38. The van der Waals surface area contributed by atoms with Gasteiger partial charge in [0.15, 0.2) is 17.2 Å². The third kappa shape index (κ3) is 1.79. The zero-order valence-corrected chi connectivity index (χ0v) is 9.95. The summed E-state index contributed by atoms with van der Waals surface area (Å²) in [6.45, 7) is 0. The van der Waals surface area contributed by atoms with Crippen molar-refractivity contribution in [2.24, 2.45) is 0 Å². The molecule has 0 amide bonds. The van der Waals surface area contributed by atoms with Crippen LogP contribution in [0.15, 0.2) is 10.5 Å². The van der Waals surface area contributed by atoms with Crippen LogP contribution in [0.4, 0.5) is 5.82 Å². The van der Waals surface area contributed by atoms with Gasteiger partial charge in [-0.1, -0.05) is 0 Å². The molecule has 0 saturated carbocycles. The molecule has 0 unspecified atom stereocenters. The number of fused-ring (bicyclic) bond motifs is 1. The van der Waals surface area contributed by atoms with Crippen molar-refractivity contribution in [1.82, 2.24) is 10.2 Å². The smallest absolute Gasteiger partial charge is 0.542 e. The minimum absolute atomic E-state index is 0. The average Bonchev–Trinajstić information content (AvgIpc) is 2.53. The van der Waals surface area contributed by atoms with E-state index in [1.54, 1.807) is 0 Å². The SMILES string of the molecule is Nc1n[nH]c2cc(C(=O)[O-])oc12.[K+]. The summed E-state index contributed by atoms with van der Waals surface area (Å²) in [5.74, 6) is -1.50. The number of H-pyrrole nitrogens is 1. The molecule has 0 spiro atoms. The van der Waals surface area contributed by atoms with Crippen molar-refractivity contribution in [3.8, 4) is 0 Å². The molecule has 2 aromatic rings. The molecular weight excluding hydrogens is 201 g/mol. The molecule has 0 aliphatic heterocycles. The Labute approximate surface area is 115 Å². The molecule has 62 valence electrons. The maximum Gasteiger partial charge on any atom is 1.00 e. The number of carboxylic acid groups (broad SMARTS) is 1. The monoisotopic (exact) mass is 205 g/mol. The third-order valence-corrected chi connectivity index (χ3v) is 1.46. The summed E-state index contributed by atoms with van der Waals surface area (Å²) < 4.78 is 4.82. The Morgan fingerprint density at radius 2 is 2.38 bits per heavy atom. The fourth-order valence-electron chi connectivity index (χ4n) is 0.936. The van der Waals surface area contributed by atoms with Gasteiger partial charge in [0.2, 0.25) is 0 Å². The van der Waals surface area contributed by atoms with Crippen LogP contribution in [0.3, 0.4) is 0 Å². The molecular formula is C6H4KN3O3. The summed E-state index contributed by atoms with van der Waals surface area (Å²) >= 11 is 0. The Bertz CT molecular complexity index is 447. The number of nitrogens with one attached hydrogen (secondary N) is 1. The van der Waals surface area contributed by atoms with Crippen molar-refractivity contribution in [2.75, 3.05) is 5.73 Å². The number of aromatic carboxylic acids is 1. The summed E-state index contributed by atoms with van der Waals surface area (Å²) in [6.07, 6.45) is 0. The molecule has 0 bridgehead atoms. The first-order valence-corrected chi connectivity index (χ1v) is 3.13. The van der Waals surface area contributed by atoms with E-state index >= 15 is 0 Å². The normalized spacial score (nSPS) is 9.85. The molecule has 13 heavy (non-hydrogen) atoms. The van der Waals surface area contributed by atoms with Gasteiger partial charge in [-0.2, -0.15) is 5.10 Å². The van der Waals surface area contributed by atoms with Crippen molar-refractivity contribution < 1.29 is 65.7 Å². The van der Waals surface area contributed by atoms with Crippen LogP contribution in [-0.2, 0) is 0 Å². The number of aromatic nitrogens is 2. The number of aromatic amines is 1. The Balaban J connectivity index is 0.000000845. The first kappa shape index (κ1) is 10.7. The zero-order valence-electron chi connectivity index (χ0n) is 6.83. The molecule has 0 fully saturated rings. The number of carbonyl (C=O) groups is 1. The van der Waals surface area contributed by atoms with Crippen LogP contribution in [0.25, 0.3) is 11.1 Å². The van der Waals surface area contributed by atoms with E-state index in [1.165, 1.54) is 6.07 Å². The molecule has 0 aliphatic rings. The molecule has 2 rings (SSSR count). The van der Waals surface area contributed by atoms with Gasteiger partial charge >= 0.3 is 51.4 Å². The molecule has 0 aromatic carbocycles. The van der Waals surface area contributed by atoms with Crippen LogP contribution in [0.2, 0.25) is 0 Å². The van der Waals surface area contributed by atoms with Crippen LogP contribution in [0, 0.1) is 0 Å². The van der Waals surface area contributed by atoms with Gasteiger partial charge < -0.3 is 20.1 Å². The van der Waals surface area contributed by atoms with Crippen LogP contribution in [0.5, 0.6) is 0 Å². The fourth-order valence-corrected chi connectivity index (χ4v) is 0.936. The summed E-state index contributed by atoms with van der Waals surface area (Å²) in [6, 6.07) is 1.27. The molecule has 7 heteroatoms. The average molecular weight is 205 g/mol. The third-order valence-electron chi connectivity index (χ3n) is 1.46. The Kier molecular flexibility index (Phi) is 3.14. The first-order valence-electron chi connectivity index (χ1n) is 3.13. The second kappa shape index (κ2) is 3.80. The predicted molar refractivity (Wildman–Crippen MR) is 37.1 cm³/mol. The molecule has 0 radical (unpaired) electrons. The van der Waals surface area contributed by atoms with E-state index < -0.39 is 5.97 Å². The van der Waals surface area contributed by atoms with Gasteiger partial charge in [0.05, 0.1) is 0 Å². The van der Waals surface area contributed by atoms with Gasteiger partial charge in [0, 0.05) is 6.07 Å². The van der Waals surface area contributed by atoms with E-state index in [-0.39, 0.29) is 68.5 Å². The second-order valence-electron chi connectivity index (χ2n) is 2.25. The quantitative estimate of drug-likeness (QED) is 0.463. The predicted octanol–water partition coefficient (Wildman–Crippen LogP) is -3.89. The molecule has 2 heterocycles. The number of anilines is 1. The number of rotatable bonds is 1. The maximum atomic E-state index is 10.3. The van der Waals surface area contributed by atoms with Crippen LogP contribution in [-0.4, -0.2) is 16.2 Å². The standard InChI is InChI=1S/C6H5N3O3.K/c7-5-4-2(8-9-5)1-3(12-4)6(10)11;/h1H,(H,10,11)(H3,7,8,9);/q;+1/p-1. The molecule has 0 atom stereocenters. The van der Waals surface area contributed by atoms with E-state index in [4.69, 9.17) is 10.2 Å². The van der Waals surface area contributed by atoms with Gasteiger partial charge in [-0.25, -0.2) is 0 Å². The van der Waals surface area contributed by atoms with Crippen molar-refractivity contribution in [1.29, 1.82) is 0 Å². The van der Waals surface area contributed by atoms with Gasteiger partial charge in [0.1, 0.15) is 11.5 Å². The number of hydrogen-bond donors (Lipinski definition) is 2. The molecule has 3 N–H and O–H groups in total. The van der Waals surface area contributed by atoms with Crippen LogP contribution < -0.4 is 62.2 Å². The van der Waals surface area contributed by atoms with E-state index in [9.17, 15) is 9.90 Å². The number of hydrogen-bond acceptors (Lipinski definition) is 5. The van der Waals surface area contributed by atoms with E-state index in [0.717, 1.165) is 0 Å². The summed E-state index contributed by atoms with van der Waals surface area (Å²) in [4.78, 5) is 10.3. The molecule has 0 saturated heterocycles. The van der Waals surface area contributed by atoms with E-state index in [2.05, 4.69) is 10.2 Å². The van der Waals surface area contributed by atoms with Gasteiger partial charge in [-0.05, 0) is 0 Å². The largest absolute Gasteiger partial charge is 1.00 e. The number of carbonyl (C=O) groups excluding carboxylic acids is 1. The van der Waals surface area contributed by atoms with Gasteiger partial charge in [-0.15, -0.1) is 0 Å². The fraction of sp³-hybridized carbons (Fsp3) is 0. The van der Waals surface area contributed by atoms with Gasteiger partial charge in [0.25, 0.3) is 0 Å².